The fraction of sp³-hybridized carbons (Fsp3) is 0.364. The number of carboxylic acids is 1. The normalized spacial score (nSPS) is 15.1. The number of carboxylic acid groups (broad SMARTS) is 1. The van der Waals surface area contributed by atoms with E-state index in [9.17, 15) is 18.3 Å². The number of rotatable bonds is 9. The Balaban J connectivity index is 1.81. The Morgan fingerprint density at radius 3 is 2.45 bits per heavy atom. The van der Waals surface area contributed by atoms with Crippen LogP contribution in [-0.4, -0.2) is 55.4 Å². The van der Waals surface area contributed by atoms with Crippen molar-refractivity contribution in [2.45, 2.75) is 35.1 Å². The van der Waals surface area contributed by atoms with Crippen molar-refractivity contribution in [1.82, 2.24) is 9.62 Å². The van der Waals surface area contributed by atoms with Crippen LogP contribution >= 0.6 is 24.0 Å². The monoisotopic (exact) mass is 509 g/mol. The van der Waals surface area contributed by atoms with E-state index in [1.807, 2.05) is 30.5 Å². The lowest BCUT2D eigenvalue weighted by atomic mass is 10.0. The fourth-order valence-electron chi connectivity index (χ4n) is 3.60. The maximum absolute atomic E-state index is 13.0. The van der Waals surface area contributed by atoms with Gasteiger partial charge >= 0.3 is 5.97 Å². The molecular weight excluding hydrogens is 482 g/mol. The number of thiocarbonyl (C=S) groups is 1. The summed E-state index contributed by atoms with van der Waals surface area (Å²) in [6.45, 7) is 1.01. The minimum Gasteiger partial charge on any atom is -0.495 e. The highest BCUT2D eigenvalue weighted by Crippen LogP contribution is 2.30. The van der Waals surface area contributed by atoms with Crippen LogP contribution in [-0.2, 0) is 14.8 Å². The highest BCUT2D eigenvalue weighted by atomic mass is 32.2. The first-order valence-electron chi connectivity index (χ1n) is 10.4. The third-order valence-electron chi connectivity index (χ3n) is 5.32. The molecule has 0 unspecified atom stereocenters. The summed E-state index contributed by atoms with van der Waals surface area (Å²) >= 11 is 7.02. The van der Waals surface area contributed by atoms with Crippen molar-refractivity contribution in [2.75, 3.05) is 31.8 Å². The van der Waals surface area contributed by atoms with Gasteiger partial charge in [-0.25, -0.2) is 8.42 Å². The molecule has 0 aliphatic carbocycles. The Bertz CT molecular complexity index is 1100. The van der Waals surface area contributed by atoms with Crippen LogP contribution in [0.2, 0.25) is 0 Å². The lowest BCUT2D eigenvalue weighted by Crippen LogP contribution is -2.34. The van der Waals surface area contributed by atoms with Gasteiger partial charge in [0, 0.05) is 18.0 Å². The third kappa shape index (κ3) is 6.38. The largest absolute Gasteiger partial charge is 0.495 e. The summed E-state index contributed by atoms with van der Waals surface area (Å²) in [5.41, 5.74) is 1.15. The van der Waals surface area contributed by atoms with Gasteiger partial charge in [0.2, 0.25) is 10.0 Å². The first-order chi connectivity index (χ1) is 15.7. The van der Waals surface area contributed by atoms with E-state index in [0.717, 1.165) is 23.3 Å². The van der Waals surface area contributed by atoms with Crippen LogP contribution in [0.4, 0.5) is 5.69 Å². The van der Waals surface area contributed by atoms with Crippen molar-refractivity contribution >= 4 is 50.8 Å². The molecule has 8 nitrogen and oxygen atoms in total. The number of carbonyl (C=O) groups is 1. The van der Waals surface area contributed by atoms with Crippen molar-refractivity contribution < 1.29 is 23.1 Å². The topological polar surface area (TPSA) is 108 Å². The molecule has 11 heteroatoms. The fourth-order valence-corrected chi connectivity index (χ4v) is 5.81. The maximum atomic E-state index is 13.0. The molecule has 1 aliphatic heterocycles. The summed E-state index contributed by atoms with van der Waals surface area (Å²) in [7, 11) is -2.14. The number of sulfonamides is 1. The second-order valence-corrected chi connectivity index (χ2v) is 10.7. The Kier molecular flexibility index (Phi) is 8.57. The number of anilines is 1. The van der Waals surface area contributed by atoms with Crippen molar-refractivity contribution in [3.63, 3.8) is 0 Å². The van der Waals surface area contributed by atoms with Gasteiger partial charge in [0.1, 0.15) is 5.75 Å². The highest BCUT2D eigenvalue weighted by Gasteiger charge is 2.28. The lowest BCUT2D eigenvalue weighted by Gasteiger charge is -2.22. The zero-order valence-corrected chi connectivity index (χ0v) is 20.9. The molecule has 0 bridgehead atoms. The molecule has 0 radical (unpaired) electrons. The molecule has 178 valence electrons. The van der Waals surface area contributed by atoms with E-state index in [-0.39, 0.29) is 16.4 Å². The molecule has 2 aromatic carbocycles. The van der Waals surface area contributed by atoms with Crippen LogP contribution in [0.25, 0.3) is 0 Å². The number of aliphatic carboxylic acids is 1. The van der Waals surface area contributed by atoms with Crippen LogP contribution in [0.15, 0.2) is 52.3 Å². The molecule has 0 spiro atoms. The first kappa shape index (κ1) is 25.3. The van der Waals surface area contributed by atoms with Crippen molar-refractivity contribution in [3.05, 3.63) is 48.0 Å². The summed E-state index contributed by atoms with van der Waals surface area (Å²) in [4.78, 5) is 12.6. The molecule has 3 rings (SSSR count). The van der Waals surface area contributed by atoms with E-state index in [2.05, 4.69) is 10.6 Å². The van der Waals surface area contributed by atoms with E-state index >= 15 is 0 Å². The summed E-state index contributed by atoms with van der Waals surface area (Å²) in [6, 6.07) is 11.6. The summed E-state index contributed by atoms with van der Waals surface area (Å²) in [5, 5.41) is 15.5. The van der Waals surface area contributed by atoms with Crippen molar-refractivity contribution in [2.24, 2.45) is 0 Å². The molecule has 33 heavy (non-hydrogen) atoms. The SMILES string of the molecule is COc1ccc(S(=O)(=O)N2CCCC2)cc1NC(=S)N[C@@H](CC(=O)O)c1ccc(SC)cc1. The van der Waals surface area contributed by atoms with E-state index in [4.69, 9.17) is 17.0 Å². The number of ether oxygens (including phenoxy) is 1. The minimum atomic E-state index is -3.62. The molecule has 0 aromatic heterocycles. The van der Waals surface area contributed by atoms with Gasteiger partial charge in [0.15, 0.2) is 5.11 Å². The second kappa shape index (κ2) is 11.2. The molecule has 1 fully saturated rings. The number of nitrogens with zero attached hydrogens (tertiary/aromatic N) is 1. The number of hydrogen-bond donors (Lipinski definition) is 3. The van der Waals surface area contributed by atoms with E-state index in [1.54, 1.807) is 17.8 Å². The van der Waals surface area contributed by atoms with Crippen molar-refractivity contribution in [3.8, 4) is 5.75 Å². The predicted molar refractivity (Wildman–Crippen MR) is 134 cm³/mol. The van der Waals surface area contributed by atoms with Gasteiger partial charge < -0.3 is 20.5 Å². The van der Waals surface area contributed by atoms with Gasteiger partial charge in [-0.1, -0.05) is 12.1 Å². The van der Waals surface area contributed by atoms with Crippen molar-refractivity contribution in [1.29, 1.82) is 0 Å². The Morgan fingerprint density at radius 2 is 1.88 bits per heavy atom. The van der Waals surface area contributed by atoms with Crippen LogP contribution in [0, 0.1) is 0 Å². The Labute approximate surface area is 203 Å². The molecule has 2 aromatic rings. The van der Waals surface area contributed by atoms with Crippen LogP contribution in [0.5, 0.6) is 5.75 Å². The average molecular weight is 510 g/mol. The number of nitrogens with one attached hydrogen (secondary N) is 2. The number of benzene rings is 2. The summed E-state index contributed by atoms with van der Waals surface area (Å²) < 4.78 is 32.7. The minimum absolute atomic E-state index is 0.144. The maximum Gasteiger partial charge on any atom is 0.305 e. The van der Waals surface area contributed by atoms with Gasteiger partial charge in [-0.2, -0.15) is 4.31 Å². The second-order valence-electron chi connectivity index (χ2n) is 7.50. The van der Waals surface area contributed by atoms with Gasteiger partial charge in [0.25, 0.3) is 0 Å². The molecule has 1 heterocycles. The quantitative estimate of drug-likeness (QED) is 0.344. The van der Waals surface area contributed by atoms with Crippen LogP contribution in [0.3, 0.4) is 0 Å². The summed E-state index contributed by atoms with van der Waals surface area (Å²) in [6.07, 6.45) is 3.47. The molecular formula is C22H27N3O5S3. The van der Waals surface area contributed by atoms with E-state index < -0.39 is 22.0 Å². The van der Waals surface area contributed by atoms with Gasteiger partial charge in [-0.3, -0.25) is 4.79 Å². The van der Waals surface area contributed by atoms with Crippen LogP contribution in [0.1, 0.15) is 30.9 Å². The highest BCUT2D eigenvalue weighted by molar-refractivity contribution is 7.98. The molecule has 3 N–H and O–H groups in total. The first-order valence-corrected chi connectivity index (χ1v) is 13.4. The lowest BCUT2D eigenvalue weighted by molar-refractivity contribution is -0.137. The van der Waals surface area contributed by atoms with E-state index in [0.29, 0.717) is 24.5 Å². The zero-order valence-electron chi connectivity index (χ0n) is 18.4. The van der Waals surface area contributed by atoms with Crippen LogP contribution < -0.4 is 15.4 Å². The molecule has 1 atom stereocenters. The Hall–Kier alpha value is -2.34. The van der Waals surface area contributed by atoms with Gasteiger partial charge in [-0.15, -0.1) is 11.8 Å². The molecule has 0 saturated carbocycles. The molecule has 1 aliphatic rings. The molecule has 1 saturated heterocycles. The number of thioether (sulfide) groups is 1. The zero-order chi connectivity index (χ0) is 24.0. The third-order valence-corrected chi connectivity index (χ3v) is 8.18. The average Bonchev–Trinajstić information content (AvgIpc) is 3.34. The number of hydrogen-bond acceptors (Lipinski definition) is 6. The van der Waals surface area contributed by atoms with Gasteiger partial charge in [0.05, 0.1) is 30.2 Å². The smallest absolute Gasteiger partial charge is 0.305 e. The van der Waals surface area contributed by atoms with Gasteiger partial charge in [-0.05, 0) is 67.2 Å². The number of methoxy groups -OCH3 is 1. The van der Waals surface area contributed by atoms with E-state index in [1.165, 1.54) is 23.5 Å². The summed E-state index contributed by atoms with van der Waals surface area (Å²) in [5.74, 6) is -0.556. The standard InChI is InChI=1S/C22H27N3O5S3/c1-30-20-10-9-17(33(28,29)25-11-3-4-12-25)13-19(20)24-22(31)23-18(14-21(26)27)15-5-7-16(32-2)8-6-15/h5-10,13,18H,3-4,11-12,14H2,1-2H3,(H,26,27)(H2,23,24,31)/t18-/m0/s1. The Morgan fingerprint density at radius 1 is 1.21 bits per heavy atom. The molecule has 0 amide bonds. The predicted octanol–water partition coefficient (Wildman–Crippen LogP) is 3.70.